The summed E-state index contributed by atoms with van der Waals surface area (Å²) in [5.41, 5.74) is 0. The molecule has 0 aromatic carbocycles. The first-order chi connectivity index (χ1) is 43.9. The quantitative estimate of drug-likeness (QED) is 0.0169. The lowest BCUT2D eigenvalue weighted by atomic mass is 9.99. The van der Waals surface area contributed by atoms with Crippen LogP contribution in [-0.4, -0.2) is 96.7 Å². The van der Waals surface area contributed by atoms with Crippen molar-refractivity contribution in [3.63, 3.8) is 0 Å². The monoisotopic (exact) mass is 1330 g/mol. The zero-order valence-electron chi connectivity index (χ0n) is 58.6. The molecule has 0 saturated carbocycles. The predicted octanol–water partition coefficient (Wildman–Crippen LogP) is 20.3. The molecule has 0 bridgehead atoms. The molecular formula is C72H136O17P2. The summed E-state index contributed by atoms with van der Waals surface area (Å²) in [5, 5.41) is 10.6. The van der Waals surface area contributed by atoms with E-state index < -0.39 is 97.5 Å². The van der Waals surface area contributed by atoms with Gasteiger partial charge >= 0.3 is 39.5 Å². The lowest BCUT2D eigenvalue weighted by molar-refractivity contribution is -0.161. The zero-order valence-corrected chi connectivity index (χ0v) is 60.4. The van der Waals surface area contributed by atoms with Crippen LogP contribution in [0, 0.1) is 11.8 Å². The van der Waals surface area contributed by atoms with Gasteiger partial charge in [0.25, 0.3) is 0 Å². The van der Waals surface area contributed by atoms with E-state index in [4.69, 9.17) is 37.0 Å². The number of phosphoric acid groups is 2. The molecule has 3 unspecified atom stereocenters. The van der Waals surface area contributed by atoms with Gasteiger partial charge in [0, 0.05) is 25.7 Å². The van der Waals surface area contributed by atoms with Crippen molar-refractivity contribution < 1.29 is 80.2 Å². The topological polar surface area (TPSA) is 237 Å². The van der Waals surface area contributed by atoms with Crippen LogP contribution in [0.1, 0.15) is 343 Å². The number of allylic oxidation sites excluding steroid dienone is 4. The third-order valence-corrected chi connectivity index (χ3v) is 18.3. The van der Waals surface area contributed by atoms with E-state index in [0.717, 1.165) is 115 Å². The van der Waals surface area contributed by atoms with Crippen LogP contribution >= 0.6 is 15.6 Å². The maximum atomic E-state index is 13.0. The van der Waals surface area contributed by atoms with Crippen LogP contribution in [0.4, 0.5) is 0 Å². The van der Waals surface area contributed by atoms with E-state index in [1.165, 1.54) is 141 Å². The minimum absolute atomic E-state index is 0.0847. The molecule has 0 heterocycles. The Kier molecular flexibility index (Phi) is 61.9. The summed E-state index contributed by atoms with van der Waals surface area (Å²) in [6.07, 6.45) is 52.1. The average molecular weight is 1340 g/mol. The van der Waals surface area contributed by atoms with Crippen molar-refractivity contribution in [3.05, 3.63) is 24.3 Å². The number of aliphatic hydroxyl groups is 1. The second kappa shape index (κ2) is 63.6. The largest absolute Gasteiger partial charge is 0.472 e. The highest BCUT2D eigenvalue weighted by Crippen LogP contribution is 2.45. The zero-order chi connectivity index (χ0) is 67.2. The van der Waals surface area contributed by atoms with Gasteiger partial charge in [-0.25, -0.2) is 9.13 Å². The molecule has 6 atom stereocenters. The molecule has 0 aliphatic carbocycles. The average Bonchev–Trinajstić information content (AvgIpc) is 3.68. The molecule has 19 heteroatoms. The molecule has 0 aromatic heterocycles. The number of hydrogen-bond donors (Lipinski definition) is 3. The summed E-state index contributed by atoms with van der Waals surface area (Å²) in [4.78, 5) is 72.6. The predicted molar refractivity (Wildman–Crippen MR) is 367 cm³/mol. The van der Waals surface area contributed by atoms with Gasteiger partial charge in [-0.3, -0.25) is 37.3 Å². The number of carbonyl (C=O) groups is 4. The summed E-state index contributed by atoms with van der Waals surface area (Å²) in [6, 6.07) is 0. The van der Waals surface area contributed by atoms with Crippen molar-refractivity contribution >= 4 is 39.5 Å². The Bertz CT molecular complexity index is 1860. The SMILES string of the molecule is CCCCCC/C=C\C=C/CCCCCCCC(=O)O[C@H](COC(=O)CCCCCCCCCCCCC(C)CC)COP(=O)(O)OC[C@@H](O)COP(=O)(O)OC[C@@H](COC(=O)CCCCCCCCCC(C)C)OC(=O)CCCCCCCCCCCCCC. The second-order valence-electron chi connectivity index (χ2n) is 26.0. The Morgan fingerprint density at radius 3 is 0.989 bits per heavy atom. The first-order valence-electron chi connectivity index (χ1n) is 36.8. The molecular weight excluding hydrogens is 1200 g/mol. The molecule has 0 spiro atoms. The molecule has 17 nitrogen and oxygen atoms in total. The van der Waals surface area contributed by atoms with E-state index in [-0.39, 0.29) is 25.7 Å². The lowest BCUT2D eigenvalue weighted by Crippen LogP contribution is -2.30. The highest BCUT2D eigenvalue weighted by Gasteiger charge is 2.30. The van der Waals surface area contributed by atoms with Crippen LogP contribution < -0.4 is 0 Å². The van der Waals surface area contributed by atoms with Crippen molar-refractivity contribution in [3.8, 4) is 0 Å². The van der Waals surface area contributed by atoms with Crippen LogP contribution in [-0.2, 0) is 65.4 Å². The minimum atomic E-state index is -4.96. The van der Waals surface area contributed by atoms with Gasteiger partial charge in [-0.15, -0.1) is 0 Å². The Balaban J connectivity index is 5.30. The molecule has 91 heavy (non-hydrogen) atoms. The van der Waals surface area contributed by atoms with Gasteiger partial charge in [-0.05, 0) is 63.2 Å². The van der Waals surface area contributed by atoms with Crippen molar-refractivity contribution in [1.29, 1.82) is 0 Å². The molecule has 0 rings (SSSR count). The van der Waals surface area contributed by atoms with Gasteiger partial charge in [0.1, 0.15) is 19.3 Å². The molecule has 3 N–H and O–H groups in total. The maximum absolute atomic E-state index is 13.0. The molecule has 0 aliphatic rings. The second-order valence-corrected chi connectivity index (χ2v) is 28.9. The summed E-state index contributed by atoms with van der Waals surface area (Å²) in [5.74, 6) is -0.642. The van der Waals surface area contributed by atoms with Crippen LogP contribution in [0.2, 0.25) is 0 Å². The number of rotatable bonds is 69. The number of esters is 4. The van der Waals surface area contributed by atoms with E-state index in [2.05, 4.69) is 65.8 Å². The van der Waals surface area contributed by atoms with E-state index in [1.54, 1.807) is 0 Å². The van der Waals surface area contributed by atoms with Crippen LogP contribution in [0.25, 0.3) is 0 Å². The highest BCUT2D eigenvalue weighted by atomic mass is 31.2. The van der Waals surface area contributed by atoms with Gasteiger partial charge in [-0.2, -0.15) is 0 Å². The summed E-state index contributed by atoms with van der Waals surface area (Å²) in [7, 11) is -9.92. The standard InChI is InChI=1S/C72H136O17P2/c1-7-10-12-14-16-18-20-22-23-24-26-32-38-45-51-57-72(77)88-67(60-82-69(74)54-48-42-36-30-28-27-29-35-41-47-53-65(6)9-3)62-86-90(78,79)84-58-66(73)59-85-91(80,81)87-63-68(61-83-70(75)55-49-43-39-33-34-40-46-52-64(4)5)89-71(76)56-50-44-37-31-25-21-19-17-15-13-11-8-2/h18,20,22-23,64-68,73H,7-17,19,21,24-63H2,1-6H3,(H,78,79)(H,80,81)/b20-18-,23-22-/t65?,66-,67-,68-/m1/s1. The van der Waals surface area contributed by atoms with Gasteiger partial charge < -0.3 is 33.8 Å². The normalized spacial score (nSPS) is 14.6. The van der Waals surface area contributed by atoms with E-state index in [0.29, 0.717) is 31.6 Å². The lowest BCUT2D eigenvalue weighted by Gasteiger charge is -2.21. The number of unbranched alkanes of at least 4 members (excludes halogenated alkanes) is 35. The first-order valence-corrected chi connectivity index (χ1v) is 39.8. The van der Waals surface area contributed by atoms with E-state index >= 15 is 0 Å². The molecule has 0 radical (unpaired) electrons. The Morgan fingerprint density at radius 1 is 0.363 bits per heavy atom. The molecule has 0 fully saturated rings. The third kappa shape index (κ3) is 64.6. The van der Waals surface area contributed by atoms with Gasteiger partial charge in [0.15, 0.2) is 12.2 Å². The molecule has 0 saturated heterocycles. The Labute approximate surface area is 554 Å². The van der Waals surface area contributed by atoms with Gasteiger partial charge in [0.2, 0.25) is 0 Å². The maximum Gasteiger partial charge on any atom is 0.472 e. The highest BCUT2D eigenvalue weighted by molar-refractivity contribution is 7.47. The van der Waals surface area contributed by atoms with Gasteiger partial charge in [0.05, 0.1) is 26.4 Å². The van der Waals surface area contributed by atoms with Gasteiger partial charge in [-0.1, -0.05) is 291 Å². The number of ether oxygens (including phenoxy) is 4. The first kappa shape index (κ1) is 88.5. The fourth-order valence-corrected chi connectivity index (χ4v) is 12.0. The van der Waals surface area contributed by atoms with Crippen molar-refractivity contribution in [2.45, 2.75) is 362 Å². The number of aliphatic hydroxyl groups excluding tert-OH is 1. The van der Waals surface area contributed by atoms with Crippen LogP contribution in [0.3, 0.4) is 0 Å². The summed E-state index contributed by atoms with van der Waals surface area (Å²) in [6.45, 7) is 9.46. The number of phosphoric ester groups is 2. The van der Waals surface area contributed by atoms with Crippen molar-refractivity contribution in [2.75, 3.05) is 39.6 Å². The van der Waals surface area contributed by atoms with Crippen molar-refractivity contribution in [1.82, 2.24) is 0 Å². The fraction of sp³-hybridized carbons (Fsp3) is 0.889. The number of carbonyl (C=O) groups excluding carboxylic acids is 4. The number of hydrogen-bond acceptors (Lipinski definition) is 15. The van der Waals surface area contributed by atoms with Crippen LogP contribution in [0.15, 0.2) is 24.3 Å². The smallest absolute Gasteiger partial charge is 0.462 e. The molecule has 0 aliphatic heterocycles. The third-order valence-electron chi connectivity index (χ3n) is 16.4. The molecule has 0 aromatic rings. The molecule has 536 valence electrons. The van der Waals surface area contributed by atoms with Crippen LogP contribution in [0.5, 0.6) is 0 Å². The van der Waals surface area contributed by atoms with E-state index in [1.807, 2.05) is 0 Å². The fourth-order valence-electron chi connectivity index (χ4n) is 10.4. The van der Waals surface area contributed by atoms with E-state index in [9.17, 15) is 43.2 Å². The summed E-state index contributed by atoms with van der Waals surface area (Å²) >= 11 is 0. The minimum Gasteiger partial charge on any atom is -0.462 e. The summed E-state index contributed by atoms with van der Waals surface area (Å²) < 4.78 is 68.3. The van der Waals surface area contributed by atoms with Crippen molar-refractivity contribution in [2.24, 2.45) is 11.8 Å². The Hall–Kier alpha value is -2.46. The molecule has 0 amide bonds. The Morgan fingerprint density at radius 2 is 0.648 bits per heavy atom.